The van der Waals surface area contributed by atoms with Crippen molar-refractivity contribution in [2.45, 2.75) is 63.6 Å². The Balaban J connectivity index is 1.95. The Hall–Kier alpha value is -2.90. The normalized spacial score (nSPS) is 12.7. The maximum atomic E-state index is 13.2. The lowest BCUT2D eigenvalue weighted by Crippen LogP contribution is -2.35. The van der Waals surface area contributed by atoms with Crippen molar-refractivity contribution < 1.29 is 36.2 Å². The van der Waals surface area contributed by atoms with E-state index < -0.39 is 40.3 Å². The molecule has 0 aliphatic carbocycles. The van der Waals surface area contributed by atoms with Crippen LogP contribution in [0.4, 0.5) is 18.0 Å². The fourth-order valence-corrected chi connectivity index (χ4v) is 6.76. The van der Waals surface area contributed by atoms with Crippen molar-refractivity contribution in [2.75, 3.05) is 6.61 Å². The topological polar surface area (TPSA) is 111 Å². The molecule has 0 bridgehead atoms. The molecule has 8 nitrogen and oxygen atoms in total. The highest BCUT2D eigenvalue weighted by Gasteiger charge is 2.36. The first-order valence-electron chi connectivity index (χ1n) is 11.7. The van der Waals surface area contributed by atoms with Crippen molar-refractivity contribution in [3.05, 3.63) is 58.5 Å². The molecule has 38 heavy (non-hydrogen) atoms. The van der Waals surface area contributed by atoms with Gasteiger partial charge in [0.05, 0.1) is 5.60 Å². The van der Waals surface area contributed by atoms with Gasteiger partial charge in [-0.3, -0.25) is 0 Å². The van der Waals surface area contributed by atoms with Crippen molar-refractivity contribution in [2.24, 2.45) is 5.92 Å². The van der Waals surface area contributed by atoms with Gasteiger partial charge in [-0.25, -0.2) is 22.9 Å². The van der Waals surface area contributed by atoms with Gasteiger partial charge in [0, 0.05) is 29.4 Å². The van der Waals surface area contributed by atoms with Crippen LogP contribution in [0.25, 0.3) is 11.1 Å². The average molecular weight is 574 g/mol. The zero-order chi connectivity index (χ0) is 28.5. The summed E-state index contributed by atoms with van der Waals surface area (Å²) in [7, 11) is -4.34. The van der Waals surface area contributed by atoms with Gasteiger partial charge in [-0.1, -0.05) is 38.1 Å². The lowest BCUT2D eigenvalue weighted by molar-refractivity contribution is -0.147. The van der Waals surface area contributed by atoms with Gasteiger partial charge < -0.3 is 14.4 Å². The SMILES string of the molecule is Cc1c(CC(C)C)sc(S(=O)(=O)NC(=O)OCC(C)(C)O)c1-c1ccc(Cn2ccnc2C(F)(F)F)cc1. The highest BCUT2D eigenvalue weighted by atomic mass is 32.2. The number of hydrogen-bond donors (Lipinski definition) is 2. The number of thiophene rings is 1. The summed E-state index contributed by atoms with van der Waals surface area (Å²) in [5.74, 6) is -0.773. The summed E-state index contributed by atoms with van der Waals surface area (Å²) in [6.45, 7) is 8.14. The van der Waals surface area contributed by atoms with Gasteiger partial charge in [0.25, 0.3) is 10.0 Å². The molecule has 3 rings (SSSR count). The lowest BCUT2D eigenvalue weighted by Gasteiger charge is -2.17. The largest absolute Gasteiger partial charge is 0.449 e. The molecule has 0 saturated carbocycles. The van der Waals surface area contributed by atoms with Crippen LogP contribution in [0.1, 0.15) is 49.5 Å². The number of sulfonamides is 1. The fourth-order valence-electron chi connectivity index (χ4n) is 3.72. The highest BCUT2D eigenvalue weighted by molar-refractivity contribution is 7.92. The van der Waals surface area contributed by atoms with E-state index >= 15 is 0 Å². The molecule has 3 aromatic rings. The van der Waals surface area contributed by atoms with E-state index in [1.807, 2.05) is 18.6 Å². The first-order chi connectivity index (χ1) is 17.5. The lowest BCUT2D eigenvalue weighted by atomic mass is 9.99. The number of aliphatic hydroxyl groups is 1. The minimum Gasteiger partial charge on any atom is -0.446 e. The Bertz CT molecular complexity index is 1390. The van der Waals surface area contributed by atoms with E-state index in [0.29, 0.717) is 23.1 Å². The summed E-state index contributed by atoms with van der Waals surface area (Å²) >= 11 is 1.05. The number of rotatable bonds is 9. The third kappa shape index (κ3) is 7.35. The molecule has 1 amide bonds. The van der Waals surface area contributed by atoms with E-state index in [4.69, 9.17) is 4.74 Å². The van der Waals surface area contributed by atoms with Crippen LogP contribution in [0.3, 0.4) is 0 Å². The van der Waals surface area contributed by atoms with Crippen molar-refractivity contribution in [1.82, 2.24) is 14.3 Å². The van der Waals surface area contributed by atoms with Crippen LogP contribution in [-0.4, -0.2) is 41.4 Å². The van der Waals surface area contributed by atoms with Gasteiger partial charge in [-0.2, -0.15) is 13.2 Å². The number of nitrogens with zero attached hydrogens (tertiary/aromatic N) is 2. The molecule has 13 heteroatoms. The standard InChI is InChI=1S/C25H30F3N3O5S2/c1-15(2)12-19-16(3)20(21(37-19)38(34,35)30-23(32)36-14-24(4,5)33)18-8-6-17(7-9-18)13-31-11-10-29-22(31)25(26,27)28/h6-11,15,33H,12-14H2,1-5H3,(H,30,32). The van der Waals surface area contributed by atoms with Gasteiger partial charge in [-0.15, -0.1) is 11.3 Å². The second kappa shape index (κ2) is 11.1. The summed E-state index contributed by atoms with van der Waals surface area (Å²) in [5, 5.41) is 9.74. The average Bonchev–Trinajstić information content (AvgIpc) is 3.37. The first kappa shape index (κ1) is 29.7. The number of aromatic nitrogens is 2. The summed E-state index contributed by atoms with van der Waals surface area (Å²) in [5.41, 5.74) is 0.888. The van der Waals surface area contributed by atoms with Gasteiger partial charge in [0.15, 0.2) is 0 Å². The van der Waals surface area contributed by atoms with Crippen molar-refractivity contribution >= 4 is 27.5 Å². The van der Waals surface area contributed by atoms with Crippen LogP contribution in [0.15, 0.2) is 40.9 Å². The number of amides is 1. The Kier molecular flexibility index (Phi) is 8.64. The zero-order valence-corrected chi connectivity index (χ0v) is 23.2. The number of carbonyl (C=O) groups excluding carboxylic acids is 1. The van der Waals surface area contributed by atoms with Gasteiger partial charge >= 0.3 is 12.3 Å². The molecule has 0 spiro atoms. The van der Waals surface area contributed by atoms with Crippen molar-refractivity contribution in [3.8, 4) is 11.1 Å². The molecular formula is C25H30F3N3O5S2. The van der Waals surface area contributed by atoms with Crippen LogP contribution in [0.5, 0.6) is 0 Å². The Morgan fingerprint density at radius 2 is 1.84 bits per heavy atom. The molecule has 208 valence electrons. The van der Waals surface area contributed by atoms with E-state index in [1.54, 1.807) is 31.2 Å². The van der Waals surface area contributed by atoms with E-state index in [1.165, 1.54) is 20.0 Å². The van der Waals surface area contributed by atoms with Crippen LogP contribution >= 0.6 is 11.3 Å². The molecule has 0 aliphatic heterocycles. The minimum atomic E-state index is -4.59. The number of alkyl halides is 3. The Morgan fingerprint density at radius 3 is 2.39 bits per heavy atom. The molecule has 0 radical (unpaired) electrons. The fraction of sp³-hybridized carbons (Fsp3) is 0.440. The highest BCUT2D eigenvalue weighted by Crippen LogP contribution is 2.40. The molecule has 2 heterocycles. The van der Waals surface area contributed by atoms with Crippen LogP contribution < -0.4 is 4.72 Å². The first-order valence-corrected chi connectivity index (χ1v) is 14.0. The number of imidazole rings is 1. The molecule has 0 atom stereocenters. The number of nitrogens with one attached hydrogen (secondary N) is 1. The summed E-state index contributed by atoms with van der Waals surface area (Å²) in [6, 6.07) is 6.52. The number of ether oxygens (including phenoxy) is 1. The predicted octanol–water partition coefficient (Wildman–Crippen LogP) is 5.37. The van der Waals surface area contributed by atoms with Gasteiger partial charge in [-0.05, 0) is 49.8 Å². The molecule has 2 aromatic heterocycles. The molecule has 1 aromatic carbocycles. The third-order valence-electron chi connectivity index (χ3n) is 5.39. The number of benzene rings is 1. The molecular weight excluding hydrogens is 543 g/mol. The minimum absolute atomic E-state index is 0.0733. The van der Waals surface area contributed by atoms with Crippen LogP contribution in [-0.2, 0) is 33.9 Å². The van der Waals surface area contributed by atoms with Crippen LogP contribution in [0, 0.1) is 12.8 Å². The maximum Gasteiger partial charge on any atom is 0.449 e. The molecule has 0 aliphatic rings. The summed E-state index contributed by atoms with van der Waals surface area (Å²) in [4.78, 5) is 16.4. The van der Waals surface area contributed by atoms with Crippen LogP contribution in [0.2, 0.25) is 0 Å². The molecule has 0 unspecified atom stereocenters. The van der Waals surface area contributed by atoms with Crippen molar-refractivity contribution in [3.63, 3.8) is 0 Å². The zero-order valence-electron chi connectivity index (χ0n) is 21.6. The van der Waals surface area contributed by atoms with E-state index in [0.717, 1.165) is 32.5 Å². The second-order valence-electron chi connectivity index (χ2n) is 9.98. The molecule has 0 fully saturated rings. The number of carbonyl (C=O) groups is 1. The number of hydrogen-bond acceptors (Lipinski definition) is 7. The molecule has 2 N–H and O–H groups in total. The third-order valence-corrected chi connectivity index (χ3v) is 8.53. The van der Waals surface area contributed by atoms with Gasteiger partial charge in [0.2, 0.25) is 5.82 Å². The van der Waals surface area contributed by atoms with E-state index in [2.05, 4.69) is 4.98 Å². The van der Waals surface area contributed by atoms with E-state index in [9.17, 15) is 31.5 Å². The van der Waals surface area contributed by atoms with Crippen molar-refractivity contribution in [1.29, 1.82) is 0 Å². The Morgan fingerprint density at radius 1 is 1.21 bits per heavy atom. The maximum absolute atomic E-state index is 13.2. The number of halogens is 3. The summed E-state index contributed by atoms with van der Waals surface area (Å²) < 4.78 is 73.7. The Labute approximate surface area is 223 Å². The molecule has 0 saturated heterocycles. The van der Waals surface area contributed by atoms with Gasteiger partial charge in [0.1, 0.15) is 10.8 Å². The van der Waals surface area contributed by atoms with E-state index in [-0.39, 0.29) is 16.7 Å². The second-order valence-corrected chi connectivity index (χ2v) is 13.0. The summed E-state index contributed by atoms with van der Waals surface area (Å²) in [6.07, 6.45) is -2.87. The quantitative estimate of drug-likeness (QED) is 0.356. The monoisotopic (exact) mass is 573 g/mol. The smallest absolute Gasteiger partial charge is 0.446 e. The predicted molar refractivity (Wildman–Crippen MR) is 137 cm³/mol.